The van der Waals surface area contributed by atoms with Crippen LogP contribution in [0.3, 0.4) is 0 Å². The first kappa shape index (κ1) is 10.6. The molecule has 0 bridgehead atoms. The Morgan fingerprint density at radius 3 is 2.77 bits per heavy atom. The summed E-state index contributed by atoms with van der Waals surface area (Å²) < 4.78 is 0. The van der Waals surface area contributed by atoms with Crippen molar-refractivity contribution in [3.8, 4) is 0 Å². The summed E-state index contributed by atoms with van der Waals surface area (Å²) >= 11 is 11.9. The number of rotatable bonds is 3. The SMILES string of the molecule is C=CC(C)Cc1cc(Cl)ccc1Cl. The third kappa shape index (κ3) is 3.06. The fourth-order valence-electron chi connectivity index (χ4n) is 1.13. The van der Waals surface area contributed by atoms with Gasteiger partial charge in [0.05, 0.1) is 0 Å². The van der Waals surface area contributed by atoms with Crippen molar-refractivity contribution in [1.82, 2.24) is 0 Å². The molecule has 70 valence electrons. The van der Waals surface area contributed by atoms with Crippen molar-refractivity contribution in [2.45, 2.75) is 13.3 Å². The van der Waals surface area contributed by atoms with Crippen LogP contribution in [0, 0.1) is 5.92 Å². The Kier molecular flexibility index (Phi) is 3.83. The topological polar surface area (TPSA) is 0 Å². The van der Waals surface area contributed by atoms with E-state index in [1.807, 2.05) is 18.2 Å². The van der Waals surface area contributed by atoms with Gasteiger partial charge in [0.1, 0.15) is 0 Å². The molecule has 13 heavy (non-hydrogen) atoms. The summed E-state index contributed by atoms with van der Waals surface area (Å²) in [5.74, 6) is 0.427. The van der Waals surface area contributed by atoms with E-state index in [1.54, 1.807) is 6.07 Å². The minimum absolute atomic E-state index is 0.427. The van der Waals surface area contributed by atoms with E-state index in [2.05, 4.69) is 13.5 Å². The average Bonchev–Trinajstić information content (AvgIpc) is 2.11. The van der Waals surface area contributed by atoms with Gasteiger partial charge in [-0.1, -0.05) is 36.2 Å². The maximum atomic E-state index is 6.00. The lowest BCUT2D eigenvalue weighted by atomic mass is 10.0. The third-order valence-electron chi connectivity index (χ3n) is 1.95. The van der Waals surface area contributed by atoms with Gasteiger partial charge >= 0.3 is 0 Å². The van der Waals surface area contributed by atoms with Crippen molar-refractivity contribution >= 4 is 23.2 Å². The first-order chi connectivity index (χ1) is 6.13. The molecule has 0 N–H and O–H groups in total. The molecule has 0 nitrogen and oxygen atoms in total. The van der Waals surface area contributed by atoms with E-state index in [1.165, 1.54) is 0 Å². The van der Waals surface area contributed by atoms with Crippen LogP contribution in [0.1, 0.15) is 12.5 Å². The summed E-state index contributed by atoms with van der Waals surface area (Å²) in [6, 6.07) is 5.53. The fourth-order valence-corrected chi connectivity index (χ4v) is 1.52. The Balaban J connectivity index is 2.86. The van der Waals surface area contributed by atoms with Crippen molar-refractivity contribution in [3.63, 3.8) is 0 Å². The molecule has 0 saturated carbocycles. The molecule has 0 fully saturated rings. The average molecular weight is 215 g/mol. The predicted octanol–water partition coefficient (Wildman–Crippen LogP) is 4.36. The summed E-state index contributed by atoms with van der Waals surface area (Å²) in [5.41, 5.74) is 1.08. The van der Waals surface area contributed by atoms with Crippen LogP contribution in [-0.4, -0.2) is 0 Å². The highest BCUT2D eigenvalue weighted by Crippen LogP contribution is 2.23. The third-order valence-corrected chi connectivity index (χ3v) is 2.56. The standard InChI is InChI=1S/C11H12Cl2/c1-3-8(2)6-9-7-10(12)4-5-11(9)13/h3-5,7-8H,1,6H2,2H3. The van der Waals surface area contributed by atoms with Gasteiger partial charge in [-0.25, -0.2) is 0 Å². The van der Waals surface area contributed by atoms with E-state index in [0.717, 1.165) is 22.0 Å². The molecule has 0 aliphatic carbocycles. The van der Waals surface area contributed by atoms with Crippen LogP contribution in [0.15, 0.2) is 30.9 Å². The Hall–Kier alpha value is -0.460. The largest absolute Gasteiger partial charge is 0.103 e. The van der Waals surface area contributed by atoms with Crippen LogP contribution in [0.5, 0.6) is 0 Å². The maximum Gasteiger partial charge on any atom is 0.0439 e. The maximum absolute atomic E-state index is 6.00. The molecule has 0 aliphatic heterocycles. The molecule has 0 radical (unpaired) electrons. The van der Waals surface area contributed by atoms with Gasteiger partial charge in [-0.3, -0.25) is 0 Å². The lowest BCUT2D eigenvalue weighted by Gasteiger charge is -2.07. The number of hydrogen-bond acceptors (Lipinski definition) is 0. The molecule has 1 unspecified atom stereocenters. The molecule has 0 aromatic heterocycles. The Morgan fingerprint density at radius 2 is 2.15 bits per heavy atom. The highest BCUT2D eigenvalue weighted by atomic mass is 35.5. The highest BCUT2D eigenvalue weighted by Gasteiger charge is 2.04. The Labute approximate surface area is 89.2 Å². The van der Waals surface area contributed by atoms with Crippen molar-refractivity contribution < 1.29 is 0 Å². The zero-order valence-electron chi connectivity index (χ0n) is 7.56. The van der Waals surface area contributed by atoms with Gasteiger partial charge in [-0.05, 0) is 36.1 Å². The summed E-state index contributed by atoms with van der Waals surface area (Å²) in [7, 11) is 0. The van der Waals surface area contributed by atoms with Crippen molar-refractivity contribution in [1.29, 1.82) is 0 Å². The van der Waals surface area contributed by atoms with Gasteiger partial charge in [-0.15, -0.1) is 6.58 Å². The van der Waals surface area contributed by atoms with Gasteiger partial charge in [0.25, 0.3) is 0 Å². The molecule has 0 heterocycles. The molecule has 2 heteroatoms. The first-order valence-electron chi connectivity index (χ1n) is 4.20. The first-order valence-corrected chi connectivity index (χ1v) is 4.95. The van der Waals surface area contributed by atoms with E-state index >= 15 is 0 Å². The minimum Gasteiger partial charge on any atom is -0.103 e. The van der Waals surface area contributed by atoms with Crippen LogP contribution < -0.4 is 0 Å². The lowest BCUT2D eigenvalue weighted by molar-refractivity contribution is 0.726. The van der Waals surface area contributed by atoms with Crippen LogP contribution in [-0.2, 0) is 6.42 Å². The van der Waals surface area contributed by atoms with Crippen LogP contribution in [0.2, 0.25) is 10.0 Å². The molecule has 0 saturated heterocycles. The second kappa shape index (κ2) is 4.69. The molecule has 0 amide bonds. The van der Waals surface area contributed by atoms with Gasteiger partial charge in [0.15, 0.2) is 0 Å². The second-order valence-corrected chi connectivity index (χ2v) is 4.00. The molecule has 1 rings (SSSR count). The summed E-state index contributed by atoms with van der Waals surface area (Å²) in [4.78, 5) is 0. The lowest BCUT2D eigenvalue weighted by Crippen LogP contribution is -1.96. The number of benzene rings is 1. The smallest absolute Gasteiger partial charge is 0.0439 e. The van der Waals surface area contributed by atoms with Crippen molar-refractivity contribution in [2.24, 2.45) is 5.92 Å². The number of hydrogen-bond donors (Lipinski definition) is 0. The fraction of sp³-hybridized carbons (Fsp3) is 0.273. The number of allylic oxidation sites excluding steroid dienone is 1. The quantitative estimate of drug-likeness (QED) is 0.657. The van der Waals surface area contributed by atoms with Gasteiger partial charge in [-0.2, -0.15) is 0 Å². The van der Waals surface area contributed by atoms with E-state index in [0.29, 0.717) is 5.92 Å². The Bertz CT molecular complexity index is 305. The molecular formula is C11H12Cl2. The minimum atomic E-state index is 0.427. The van der Waals surface area contributed by atoms with Crippen LogP contribution in [0.4, 0.5) is 0 Å². The van der Waals surface area contributed by atoms with Gasteiger partial charge in [0, 0.05) is 10.0 Å². The molecule has 1 aromatic rings. The monoisotopic (exact) mass is 214 g/mol. The van der Waals surface area contributed by atoms with E-state index in [9.17, 15) is 0 Å². The number of halogens is 2. The molecular weight excluding hydrogens is 203 g/mol. The van der Waals surface area contributed by atoms with Gasteiger partial charge < -0.3 is 0 Å². The highest BCUT2D eigenvalue weighted by molar-refractivity contribution is 6.33. The summed E-state index contributed by atoms with van der Waals surface area (Å²) in [6.45, 7) is 5.83. The van der Waals surface area contributed by atoms with E-state index in [4.69, 9.17) is 23.2 Å². The van der Waals surface area contributed by atoms with Gasteiger partial charge in [0.2, 0.25) is 0 Å². The van der Waals surface area contributed by atoms with E-state index < -0.39 is 0 Å². The summed E-state index contributed by atoms with van der Waals surface area (Å²) in [6.07, 6.45) is 2.81. The zero-order chi connectivity index (χ0) is 9.84. The molecule has 0 aliphatic rings. The molecule has 1 aromatic carbocycles. The molecule has 0 spiro atoms. The molecule has 1 atom stereocenters. The van der Waals surface area contributed by atoms with Crippen molar-refractivity contribution in [2.75, 3.05) is 0 Å². The second-order valence-electron chi connectivity index (χ2n) is 3.15. The Morgan fingerprint density at radius 1 is 1.46 bits per heavy atom. The predicted molar refractivity (Wildman–Crippen MR) is 59.5 cm³/mol. The summed E-state index contributed by atoms with van der Waals surface area (Å²) in [5, 5.41) is 1.51. The van der Waals surface area contributed by atoms with Crippen LogP contribution >= 0.6 is 23.2 Å². The normalized spacial score (nSPS) is 12.5. The zero-order valence-corrected chi connectivity index (χ0v) is 9.07. The van der Waals surface area contributed by atoms with E-state index in [-0.39, 0.29) is 0 Å². The van der Waals surface area contributed by atoms with Crippen molar-refractivity contribution in [3.05, 3.63) is 46.5 Å². The van der Waals surface area contributed by atoms with Crippen LogP contribution in [0.25, 0.3) is 0 Å².